The molecule has 3 aromatic rings. The quantitative estimate of drug-likeness (QED) is 0.725. The van der Waals surface area contributed by atoms with Crippen molar-refractivity contribution in [3.8, 4) is 10.7 Å². The number of hydrogen-bond donors (Lipinski definition) is 0. The van der Waals surface area contributed by atoms with Crippen molar-refractivity contribution in [3.05, 3.63) is 40.2 Å². The van der Waals surface area contributed by atoms with Crippen LogP contribution in [0.2, 0.25) is 0 Å². The summed E-state index contributed by atoms with van der Waals surface area (Å²) >= 11 is 3.24. The lowest BCUT2D eigenvalue weighted by Crippen LogP contribution is -2.10. The van der Waals surface area contributed by atoms with Crippen LogP contribution in [0.5, 0.6) is 0 Å². The standard InChI is InChI=1S/C12H12N4OS2/c1-17-10(11-3-2-5-18-11)8-16-7-9(14-15-16)12-13-4-6-19-12/h2-7,10H,8H2,1H3/t10-/m1/s1. The van der Waals surface area contributed by atoms with Crippen molar-refractivity contribution in [2.45, 2.75) is 12.6 Å². The van der Waals surface area contributed by atoms with Crippen molar-refractivity contribution in [1.29, 1.82) is 0 Å². The number of aromatic nitrogens is 4. The van der Waals surface area contributed by atoms with Gasteiger partial charge in [-0.25, -0.2) is 9.67 Å². The van der Waals surface area contributed by atoms with E-state index in [1.807, 2.05) is 23.0 Å². The SMILES string of the molecule is CO[C@H](Cn1cc(-c2nccs2)nn1)c1cccs1. The lowest BCUT2D eigenvalue weighted by Gasteiger charge is -2.12. The molecule has 0 aromatic carbocycles. The zero-order valence-electron chi connectivity index (χ0n) is 10.3. The van der Waals surface area contributed by atoms with Gasteiger partial charge in [-0.15, -0.1) is 27.8 Å². The summed E-state index contributed by atoms with van der Waals surface area (Å²) in [7, 11) is 1.71. The summed E-state index contributed by atoms with van der Waals surface area (Å²) in [4.78, 5) is 5.41. The molecular formula is C12H12N4OS2. The number of methoxy groups -OCH3 is 1. The van der Waals surface area contributed by atoms with E-state index >= 15 is 0 Å². The Morgan fingerprint density at radius 2 is 2.32 bits per heavy atom. The summed E-state index contributed by atoms with van der Waals surface area (Å²) in [5, 5.41) is 13.1. The van der Waals surface area contributed by atoms with E-state index in [4.69, 9.17) is 4.74 Å². The average molecular weight is 292 g/mol. The molecule has 0 spiro atoms. The van der Waals surface area contributed by atoms with Gasteiger partial charge in [0.05, 0.1) is 12.7 Å². The second kappa shape index (κ2) is 5.60. The predicted molar refractivity (Wildman–Crippen MR) is 75.2 cm³/mol. The minimum atomic E-state index is 0.00541. The molecule has 0 bridgehead atoms. The molecule has 19 heavy (non-hydrogen) atoms. The zero-order chi connectivity index (χ0) is 13.1. The summed E-state index contributed by atoms with van der Waals surface area (Å²) in [5.41, 5.74) is 0.802. The van der Waals surface area contributed by atoms with E-state index in [0.717, 1.165) is 10.7 Å². The molecule has 5 nitrogen and oxygen atoms in total. The lowest BCUT2D eigenvalue weighted by molar-refractivity contribution is 0.0869. The van der Waals surface area contributed by atoms with Crippen molar-refractivity contribution in [2.24, 2.45) is 0 Å². The number of thiophene rings is 1. The molecule has 0 fully saturated rings. The van der Waals surface area contributed by atoms with Gasteiger partial charge in [0.15, 0.2) is 0 Å². The molecule has 3 aromatic heterocycles. The second-order valence-corrected chi connectivity index (χ2v) is 5.78. The number of hydrogen-bond acceptors (Lipinski definition) is 6. The van der Waals surface area contributed by atoms with Gasteiger partial charge in [-0.3, -0.25) is 0 Å². The maximum atomic E-state index is 5.51. The molecular weight excluding hydrogens is 280 g/mol. The maximum Gasteiger partial charge on any atom is 0.145 e. The maximum absolute atomic E-state index is 5.51. The van der Waals surface area contributed by atoms with Crippen molar-refractivity contribution >= 4 is 22.7 Å². The van der Waals surface area contributed by atoms with Gasteiger partial charge in [-0.05, 0) is 11.4 Å². The molecule has 0 radical (unpaired) electrons. The molecule has 98 valence electrons. The molecule has 0 saturated heterocycles. The monoisotopic (exact) mass is 292 g/mol. The second-order valence-electron chi connectivity index (χ2n) is 3.90. The Labute approximate surface area is 118 Å². The van der Waals surface area contributed by atoms with Crippen LogP contribution in [0.25, 0.3) is 10.7 Å². The van der Waals surface area contributed by atoms with Gasteiger partial charge < -0.3 is 4.74 Å². The molecule has 3 rings (SSSR count). The van der Waals surface area contributed by atoms with E-state index < -0.39 is 0 Å². The Bertz CT molecular complexity index is 618. The van der Waals surface area contributed by atoms with Crippen LogP contribution in [-0.4, -0.2) is 27.1 Å². The van der Waals surface area contributed by atoms with Gasteiger partial charge in [0.1, 0.15) is 16.8 Å². The third-order valence-corrected chi connectivity index (χ3v) is 4.45. The van der Waals surface area contributed by atoms with Gasteiger partial charge in [-0.1, -0.05) is 11.3 Å². The molecule has 7 heteroatoms. The molecule has 3 heterocycles. The van der Waals surface area contributed by atoms with E-state index in [-0.39, 0.29) is 6.10 Å². The van der Waals surface area contributed by atoms with Crippen molar-refractivity contribution in [1.82, 2.24) is 20.0 Å². The van der Waals surface area contributed by atoms with E-state index in [9.17, 15) is 0 Å². The van der Waals surface area contributed by atoms with Crippen LogP contribution in [0.3, 0.4) is 0 Å². The first-order chi connectivity index (χ1) is 9.36. The van der Waals surface area contributed by atoms with E-state index in [2.05, 4.69) is 21.4 Å². The third-order valence-electron chi connectivity index (χ3n) is 2.69. The fourth-order valence-electron chi connectivity index (χ4n) is 1.76. The third kappa shape index (κ3) is 2.73. The molecule has 0 aliphatic carbocycles. The zero-order valence-corrected chi connectivity index (χ0v) is 11.9. The smallest absolute Gasteiger partial charge is 0.145 e. The predicted octanol–water partition coefficient (Wildman–Crippen LogP) is 2.85. The van der Waals surface area contributed by atoms with E-state index in [0.29, 0.717) is 6.54 Å². The first-order valence-electron chi connectivity index (χ1n) is 5.73. The van der Waals surface area contributed by atoms with Gasteiger partial charge in [0.2, 0.25) is 0 Å². The number of nitrogens with zero attached hydrogens (tertiary/aromatic N) is 4. The highest BCUT2D eigenvalue weighted by molar-refractivity contribution is 7.13. The Balaban J connectivity index is 1.76. The van der Waals surface area contributed by atoms with Crippen LogP contribution in [0.1, 0.15) is 11.0 Å². The highest BCUT2D eigenvalue weighted by atomic mass is 32.1. The van der Waals surface area contributed by atoms with E-state index in [1.165, 1.54) is 4.88 Å². The highest BCUT2D eigenvalue weighted by Gasteiger charge is 2.14. The minimum Gasteiger partial charge on any atom is -0.374 e. The van der Waals surface area contributed by atoms with Gasteiger partial charge in [0, 0.05) is 23.6 Å². The van der Waals surface area contributed by atoms with Gasteiger partial charge >= 0.3 is 0 Å². The first-order valence-corrected chi connectivity index (χ1v) is 7.49. The summed E-state index contributed by atoms with van der Waals surface area (Å²) in [5.74, 6) is 0. The molecule has 1 atom stereocenters. The summed E-state index contributed by atoms with van der Waals surface area (Å²) in [6.07, 6.45) is 3.67. The molecule has 0 amide bonds. The van der Waals surface area contributed by atoms with Crippen LogP contribution in [-0.2, 0) is 11.3 Å². The number of thiazole rings is 1. The largest absolute Gasteiger partial charge is 0.374 e. The summed E-state index contributed by atoms with van der Waals surface area (Å²) in [6, 6.07) is 4.09. The minimum absolute atomic E-state index is 0.00541. The van der Waals surface area contributed by atoms with Crippen LogP contribution in [0.15, 0.2) is 35.3 Å². The average Bonchev–Trinajstić information content (AvgIpc) is 3.15. The van der Waals surface area contributed by atoms with Crippen LogP contribution in [0.4, 0.5) is 0 Å². The topological polar surface area (TPSA) is 52.8 Å². The van der Waals surface area contributed by atoms with Crippen molar-refractivity contribution in [2.75, 3.05) is 7.11 Å². The van der Waals surface area contributed by atoms with Crippen molar-refractivity contribution in [3.63, 3.8) is 0 Å². The molecule has 0 aliphatic rings. The molecule has 0 N–H and O–H groups in total. The first kappa shape index (κ1) is 12.5. The Morgan fingerprint density at radius 3 is 3.00 bits per heavy atom. The van der Waals surface area contributed by atoms with Crippen LogP contribution in [0, 0.1) is 0 Å². The van der Waals surface area contributed by atoms with Gasteiger partial charge in [-0.2, -0.15) is 0 Å². The molecule has 0 saturated carbocycles. The van der Waals surface area contributed by atoms with Crippen LogP contribution < -0.4 is 0 Å². The number of rotatable bonds is 5. The Morgan fingerprint density at radius 1 is 1.37 bits per heavy atom. The Hall–Kier alpha value is -1.57. The van der Waals surface area contributed by atoms with Crippen molar-refractivity contribution < 1.29 is 4.74 Å². The van der Waals surface area contributed by atoms with Gasteiger partial charge in [0.25, 0.3) is 0 Å². The lowest BCUT2D eigenvalue weighted by atomic mass is 10.3. The molecule has 0 aliphatic heterocycles. The van der Waals surface area contributed by atoms with E-state index in [1.54, 1.807) is 40.7 Å². The fourth-order valence-corrected chi connectivity index (χ4v) is 3.14. The van der Waals surface area contributed by atoms with Crippen LogP contribution >= 0.6 is 22.7 Å². The number of ether oxygens (including phenoxy) is 1. The summed E-state index contributed by atoms with van der Waals surface area (Å²) < 4.78 is 7.30. The fraction of sp³-hybridized carbons (Fsp3) is 0.250. The Kier molecular flexibility index (Phi) is 3.67. The normalized spacial score (nSPS) is 12.7. The summed E-state index contributed by atoms with van der Waals surface area (Å²) in [6.45, 7) is 0.648. The molecule has 0 unspecified atom stereocenters. The highest BCUT2D eigenvalue weighted by Crippen LogP contribution is 2.24.